The number of nitrogens with one attached hydrogen (secondary N) is 3. The molecule has 3 N–H and O–H groups in total. The summed E-state index contributed by atoms with van der Waals surface area (Å²) in [5.41, 5.74) is 2.20. The van der Waals surface area contributed by atoms with Crippen LogP contribution in [0.3, 0.4) is 0 Å². The number of H-pyrrole nitrogens is 1. The lowest BCUT2D eigenvalue weighted by atomic mass is 10.1. The second-order valence-corrected chi connectivity index (χ2v) is 7.19. The average molecular weight is 428 g/mol. The molecule has 2 aromatic carbocycles. The van der Waals surface area contributed by atoms with Gasteiger partial charge in [0.05, 0.1) is 17.6 Å². The number of nitrogens with zero attached hydrogens (tertiary/aromatic N) is 3. The molecule has 0 radical (unpaired) electrons. The number of fused-ring (bicyclic) bond motifs is 3. The Kier molecular flexibility index (Phi) is 4.83. The highest BCUT2D eigenvalue weighted by Crippen LogP contribution is 2.29. The van der Waals surface area contributed by atoms with E-state index in [-0.39, 0.29) is 23.8 Å². The van der Waals surface area contributed by atoms with Gasteiger partial charge in [0.25, 0.3) is 5.56 Å². The monoisotopic (exact) mass is 428 g/mol. The summed E-state index contributed by atoms with van der Waals surface area (Å²) >= 11 is 0. The Bertz CT molecular complexity index is 1510. The molecule has 0 spiro atoms. The third kappa shape index (κ3) is 3.79. The molecule has 0 aliphatic heterocycles. The highest BCUT2D eigenvalue weighted by Gasteiger charge is 2.11. The summed E-state index contributed by atoms with van der Waals surface area (Å²) in [5, 5.41) is 12.4. The smallest absolute Gasteiger partial charge is 0.257 e. The van der Waals surface area contributed by atoms with Crippen molar-refractivity contribution in [2.45, 2.75) is 6.54 Å². The van der Waals surface area contributed by atoms with Crippen molar-refractivity contribution in [3.05, 3.63) is 89.4 Å². The van der Waals surface area contributed by atoms with Crippen LogP contribution in [0.25, 0.3) is 21.8 Å². The molecule has 0 saturated heterocycles. The van der Waals surface area contributed by atoms with Gasteiger partial charge in [-0.15, -0.1) is 0 Å². The van der Waals surface area contributed by atoms with E-state index in [1.807, 2.05) is 24.3 Å². The Balaban J connectivity index is 1.39. The van der Waals surface area contributed by atoms with E-state index in [1.54, 1.807) is 24.7 Å². The molecule has 0 aliphatic carbocycles. The molecular weight excluding hydrogens is 411 g/mol. The maximum atomic E-state index is 13.0. The van der Waals surface area contributed by atoms with Crippen molar-refractivity contribution >= 4 is 44.8 Å². The van der Waals surface area contributed by atoms with E-state index in [1.165, 1.54) is 28.9 Å². The van der Waals surface area contributed by atoms with Crippen molar-refractivity contribution in [1.82, 2.24) is 19.7 Å². The fourth-order valence-corrected chi connectivity index (χ4v) is 3.56. The zero-order valence-corrected chi connectivity index (χ0v) is 16.7. The number of hydrogen-bond acceptors (Lipinski definition) is 5. The molecule has 158 valence electrons. The SMILES string of the molecule is O=C(Cn1cc(Nc2ccnc3[nH]c(=O)c4ccccc4c23)cn1)Nc1ccc(F)cc1. The van der Waals surface area contributed by atoms with Crippen molar-refractivity contribution in [2.24, 2.45) is 0 Å². The van der Waals surface area contributed by atoms with Gasteiger partial charge in [-0.3, -0.25) is 14.3 Å². The number of hydrogen-bond donors (Lipinski definition) is 3. The van der Waals surface area contributed by atoms with Gasteiger partial charge in [-0.25, -0.2) is 9.37 Å². The van der Waals surface area contributed by atoms with Gasteiger partial charge in [-0.1, -0.05) is 18.2 Å². The zero-order chi connectivity index (χ0) is 22.1. The summed E-state index contributed by atoms with van der Waals surface area (Å²) in [5.74, 6) is -0.657. The summed E-state index contributed by atoms with van der Waals surface area (Å²) in [6.07, 6.45) is 4.91. The van der Waals surface area contributed by atoms with Crippen LogP contribution in [0.1, 0.15) is 0 Å². The molecule has 0 atom stereocenters. The maximum Gasteiger partial charge on any atom is 0.257 e. The first kappa shape index (κ1) is 19.4. The summed E-state index contributed by atoms with van der Waals surface area (Å²) in [6, 6.07) is 14.7. The van der Waals surface area contributed by atoms with E-state index in [0.717, 1.165) is 16.5 Å². The van der Waals surface area contributed by atoms with Crippen molar-refractivity contribution in [1.29, 1.82) is 0 Å². The molecule has 5 rings (SSSR count). The van der Waals surface area contributed by atoms with Crippen LogP contribution >= 0.6 is 0 Å². The third-order valence-electron chi connectivity index (χ3n) is 4.97. The van der Waals surface area contributed by atoms with Crippen LogP contribution in [0.4, 0.5) is 21.5 Å². The fourth-order valence-electron chi connectivity index (χ4n) is 3.56. The lowest BCUT2D eigenvalue weighted by molar-refractivity contribution is -0.116. The van der Waals surface area contributed by atoms with E-state index < -0.39 is 0 Å². The predicted octanol–water partition coefficient (Wildman–Crippen LogP) is 3.79. The molecule has 9 heteroatoms. The number of aromatic nitrogens is 4. The zero-order valence-electron chi connectivity index (χ0n) is 16.7. The standard InChI is InChI=1S/C23H17FN6O2/c24-14-5-7-15(8-6-14)28-20(31)13-30-12-16(11-26-30)27-19-9-10-25-22-21(19)17-3-1-2-4-18(17)23(32)29-22/h1-12H,13H2,(H,28,31)(H2,25,27,29,32). The van der Waals surface area contributed by atoms with Gasteiger partial charge in [0, 0.05) is 34.2 Å². The first-order valence-electron chi connectivity index (χ1n) is 9.81. The number of pyridine rings is 2. The molecule has 5 aromatic rings. The molecular formula is C23H17FN6O2. The van der Waals surface area contributed by atoms with Crippen LogP contribution in [0.2, 0.25) is 0 Å². The van der Waals surface area contributed by atoms with Crippen LogP contribution in [-0.2, 0) is 11.3 Å². The summed E-state index contributed by atoms with van der Waals surface area (Å²) in [6.45, 7) is -0.00754. The number of rotatable bonds is 5. The van der Waals surface area contributed by atoms with Gasteiger partial charge >= 0.3 is 0 Å². The summed E-state index contributed by atoms with van der Waals surface area (Å²) < 4.78 is 14.5. The Labute approximate surface area is 180 Å². The molecule has 0 bridgehead atoms. The number of benzene rings is 2. The largest absolute Gasteiger partial charge is 0.352 e. The molecule has 3 aromatic heterocycles. The second-order valence-electron chi connectivity index (χ2n) is 7.19. The number of halogens is 1. The number of carbonyl (C=O) groups excluding carboxylic acids is 1. The first-order chi connectivity index (χ1) is 15.6. The fraction of sp³-hybridized carbons (Fsp3) is 0.0435. The molecule has 0 fully saturated rings. The van der Waals surface area contributed by atoms with E-state index in [4.69, 9.17) is 0 Å². The van der Waals surface area contributed by atoms with Crippen LogP contribution in [0.15, 0.2) is 78.0 Å². The lowest BCUT2D eigenvalue weighted by Crippen LogP contribution is -2.18. The average Bonchev–Trinajstić information content (AvgIpc) is 3.22. The maximum absolute atomic E-state index is 13.0. The van der Waals surface area contributed by atoms with Crippen LogP contribution in [-0.4, -0.2) is 25.7 Å². The molecule has 0 unspecified atom stereocenters. The quantitative estimate of drug-likeness (QED) is 0.370. The normalized spacial score (nSPS) is 11.0. The molecule has 1 amide bonds. The molecule has 0 saturated carbocycles. The molecule has 3 heterocycles. The van der Waals surface area contributed by atoms with Gasteiger partial charge in [0.15, 0.2) is 0 Å². The predicted molar refractivity (Wildman–Crippen MR) is 120 cm³/mol. The molecule has 0 aliphatic rings. The van der Waals surface area contributed by atoms with Gasteiger partial charge in [-0.2, -0.15) is 5.10 Å². The second kappa shape index (κ2) is 7.95. The van der Waals surface area contributed by atoms with E-state index in [2.05, 4.69) is 25.7 Å². The van der Waals surface area contributed by atoms with Crippen LogP contribution < -0.4 is 16.2 Å². The summed E-state index contributed by atoms with van der Waals surface area (Å²) in [7, 11) is 0. The summed E-state index contributed by atoms with van der Waals surface area (Å²) in [4.78, 5) is 31.7. The minimum absolute atomic E-state index is 0.00754. The molecule has 8 nitrogen and oxygen atoms in total. The highest BCUT2D eigenvalue weighted by atomic mass is 19.1. The Morgan fingerprint density at radius 1 is 1.03 bits per heavy atom. The van der Waals surface area contributed by atoms with Gasteiger partial charge in [-0.05, 0) is 36.4 Å². The van der Waals surface area contributed by atoms with Crippen LogP contribution in [0, 0.1) is 5.82 Å². The number of carbonyl (C=O) groups is 1. The van der Waals surface area contributed by atoms with Crippen LogP contribution in [0.5, 0.6) is 0 Å². The first-order valence-corrected chi connectivity index (χ1v) is 9.81. The van der Waals surface area contributed by atoms with Crippen molar-refractivity contribution in [3.8, 4) is 0 Å². The minimum atomic E-state index is -0.369. The van der Waals surface area contributed by atoms with Crippen molar-refractivity contribution in [3.63, 3.8) is 0 Å². The topological polar surface area (TPSA) is 105 Å². The Hall–Kier alpha value is -4.53. The highest BCUT2D eigenvalue weighted by molar-refractivity contribution is 6.10. The Morgan fingerprint density at radius 2 is 1.81 bits per heavy atom. The number of aromatic amines is 1. The lowest BCUT2D eigenvalue weighted by Gasteiger charge is -2.10. The van der Waals surface area contributed by atoms with Gasteiger partial charge in [0.1, 0.15) is 18.0 Å². The Morgan fingerprint density at radius 3 is 2.62 bits per heavy atom. The number of anilines is 3. The third-order valence-corrected chi connectivity index (χ3v) is 4.97. The van der Waals surface area contributed by atoms with E-state index in [9.17, 15) is 14.0 Å². The van der Waals surface area contributed by atoms with E-state index >= 15 is 0 Å². The van der Waals surface area contributed by atoms with Crippen molar-refractivity contribution < 1.29 is 9.18 Å². The molecule has 32 heavy (non-hydrogen) atoms. The van der Waals surface area contributed by atoms with Crippen molar-refractivity contribution in [2.75, 3.05) is 10.6 Å². The number of amides is 1. The minimum Gasteiger partial charge on any atom is -0.352 e. The van der Waals surface area contributed by atoms with Gasteiger partial charge in [0.2, 0.25) is 5.91 Å². The van der Waals surface area contributed by atoms with E-state index in [0.29, 0.717) is 22.4 Å². The van der Waals surface area contributed by atoms with Gasteiger partial charge < -0.3 is 15.6 Å².